The lowest BCUT2D eigenvalue weighted by atomic mass is 9.93. The molecule has 11 heavy (non-hydrogen) atoms. The van der Waals surface area contributed by atoms with Gasteiger partial charge in [0.2, 0.25) is 0 Å². The van der Waals surface area contributed by atoms with Crippen molar-refractivity contribution in [2.45, 2.75) is 52.9 Å². The standard InChI is InChI=1S/C10H20O/c1-4-7-9(6-3)10(11)8-5-2/h9H,4-8H2,1-3H3. The van der Waals surface area contributed by atoms with E-state index >= 15 is 0 Å². The van der Waals surface area contributed by atoms with Gasteiger partial charge < -0.3 is 0 Å². The third-order valence-electron chi connectivity index (χ3n) is 2.08. The molecule has 0 aromatic carbocycles. The lowest BCUT2D eigenvalue weighted by molar-refractivity contribution is -0.123. The van der Waals surface area contributed by atoms with E-state index in [9.17, 15) is 4.79 Å². The van der Waals surface area contributed by atoms with E-state index in [1.54, 1.807) is 0 Å². The molecule has 66 valence electrons. The Hall–Kier alpha value is -0.330. The Balaban J connectivity index is 3.71. The molecule has 0 rings (SSSR count). The molecule has 0 spiro atoms. The SMILES string of the molecule is CCCC(=O)C(CC)CCC. The summed E-state index contributed by atoms with van der Waals surface area (Å²) in [4.78, 5) is 11.4. The van der Waals surface area contributed by atoms with Gasteiger partial charge in [-0.25, -0.2) is 0 Å². The lowest BCUT2D eigenvalue weighted by Gasteiger charge is -2.10. The molecule has 0 bridgehead atoms. The van der Waals surface area contributed by atoms with Crippen molar-refractivity contribution in [3.63, 3.8) is 0 Å². The largest absolute Gasteiger partial charge is 0.299 e. The number of hydrogen-bond donors (Lipinski definition) is 0. The minimum absolute atomic E-state index is 0.347. The van der Waals surface area contributed by atoms with Crippen molar-refractivity contribution in [3.8, 4) is 0 Å². The van der Waals surface area contributed by atoms with Crippen molar-refractivity contribution in [1.29, 1.82) is 0 Å². The molecule has 0 aromatic heterocycles. The summed E-state index contributed by atoms with van der Waals surface area (Å²) < 4.78 is 0. The highest BCUT2D eigenvalue weighted by Gasteiger charge is 2.13. The molecular weight excluding hydrogens is 136 g/mol. The molecule has 0 amide bonds. The molecule has 0 aliphatic rings. The van der Waals surface area contributed by atoms with E-state index in [4.69, 9.17) is 0 Å². The van der Waals surface area contributed by atoms with Gasteiger partial charge in [0.05, 0.1) is 0 Å². The number of rotatable bonds is 6. The average Bonchev–Trinajstić information content (AvgIpc) is 2.00. The van der Waals surface area contributed by atoms with Gasteiger partial charge in [0, 0.05) is 12.3 Å². The first kappa shape index (κ1) is 10.7. The molecule has 0 radical (unpaired) electrons. The Morgan fingerprint density at radius 3 is 2.18 bits per heavy atom. The molecule has 0 heterocycles. The van der Waals surface area contributed by atoms with Crippen LogP contribution < -0.4 is 0 Å². The Morgan fingerprint density at radius 1 is 1.18 bits per heavy atom. The third-order valence-corrected chi connectivity index (χ3v) is 2.08. The number of carbonyl (C=O) groups is 1. The van der Waals surface area contributed by atoms with Crippen LogP contribution in [0.3, 0.4) is 0 Å². The maximum Gasteiger partial charge on any atom is 0.135 e. The second kappa shape index (κ2) is 6.38. The maximum absolute atomic E-state index is 11.4. The van der Waals surface area contributed by atoms with E-state index in [2.05, 4.69) is 20.8 Å². The molecule has 0 aliphatic carbocycles. The number of hydrogen-bond acceptors (Lipinski definition) is 1. The van der Waals surface area contributed by atoms with E-state index in [1.807, 2.05) is 0 Å². The van der Waals surface area contributed by atoms with Crippen molar-refractivity contribution in [2.24, 2.45) is 5.92 Å². The highest BCUT2D eigenvalue weighted by molar-refractivity contribution is 5.80. The normalized spacial score (nSPS) is 13.0. The summed E-state index contributed by atoms with van der Waals surface area (Å²) in [5, 5.41) is 0. The van der Waals surface area contributed by atoms with E-state index < -0.39 is 0 Å². The zero-order chi connectivity index (χ0) is 8.69. The Kier molecular flexibility index (Phi) is 6.19. The Labute approximate surface area is 70.2 Å². The van der Waals surface area contributed by atoms with Gasteiger partial charge >= 0.3 is 0 Å². The maximum atomic E-state index is 11.4. The smallest absolute Gasteiger partial charge is 0.135 e. The van der Waals surface area contributed by atoms with Crippen molar-refractivity contribution in [1.82, 2.24) is 0 Å². The molecule has 0 aromatic rings. The fraction of sp³-hybridized carbons (Fsp3) is 0.900. The second-order valence-electron chi connectivity index (χ2n) is 3.11. The highest BCUT2D eigenvalue weighted by atomic mass is 16.1. The van der Waals surface area contributed by atoms with E-state index in [0.29, 0.717) is 11.7 Å². The van der Waals surface area contributed by atoms with Crippen molar-refractivity contribution in [3.05, 3.63) is 0 Å². The zero-order valence-corrected chi connectivity index (χ0v) is 8.02. The van der Waals surface area contributed by atoms with Gasteiger partial charge in [-0.2, -0.15) is 0 Å². The molecule has 1 atom stereocenters. The lowest BCUT2D eigenvalue weighted by Crippen LogP contribution is -2.12. The number of carbonyl (C=O) groups excluding carboxylic acids is 1. The van der Waals surface area contributed by atoms with Crippen LogP contribution in [-0.2, 0) is 4.79 Å². The highest BCUT2D eigenvalue weighted by Crippen LogP contribution is 2.14. The van der Waals surface area contributed by atoms with Crippen LogP contribution >= 0.6 is 0 Å². The topological polar surface area (TPSA) is 17.1 Å². The van der Waals surface area contributed by atoms with Crippen LogP contribution in [0.2, 0.25) is 0 Å². The van der Waals surface area contributed by atoms with Crippen molar-refractivity contribution >= 4 is 5.78 Å². The van der Waals surface area contributed by atoms with Crippen LogP contribution in [0.5, 0.6) is 0 Å². The van der Waals surface area contributed by atoms with Gasteiger partial charge in [-0.3, -0.25) is 4.79 Å². The molecule has 0 fully saturated rings. The van der Waals surface area contributed by atoms with Gasteiger partial charge in [0.25, 0.3) is 0 Å². The van der Waals surface area contributed by atoms with Crippen molar-refractivity contribution in [2.75, 3.05) is 0 Å². The van der Waals surface area contributed by atoms with E-state index in [0.717, 1.165) is 32.1 Å². The van der Waals surface area contributed by atoms with Gasteiger partial charge in [0.1, 0.15) is 5.78 Å². The Bertz CT molecular complexity index is 107. The summed E-state index contributed by atoms with van der Waals surface area (Å²) in [5.74, 6) is 0.816. The summed E-state index contributed by atoms with van der Waals surface area (Å²) in [7, 11) is 0. The summed E-state index contributed by atoms with van der Waals surface area (Å²) in [6, 6.07) is 0. The minimum atomic E-state index is 0.347. The molecule has 1 unspecified atom stereocenters. The van der Waals surface area contributed by atoms with Crippen LogP contribution in [0.1, 0.15) is 52.9 Å². The fourth-order valence-electron chi connectivity index (χ4n) is 1.39. The Morgan fingerprint density at radius 2 is 1.82 bits per heavy atom. The van der Waals surface area contributed by atoms with Gasteiger partial charge in [0.15, 0.2) is 0 Å². The molecule has 0 N–H and O–H groups in total. The predicted octanol–water partition coefficient (Wildman–Crippen LogP) is 3.18. The third kappa shape index (κ3) is 4.18. The number of ketones is 1. The first-order valence-corrected chi connectivity index (χ1v) is 4.78. The van der Waals surface area contributed by atoms with Crippen LogP contribution in [0.25, 0.3) is 0 Å². The minimum Gasteiger partial charge on any atom is -0.299 e. The summed E-state index contributed by atoms with van der Waals surface area (Å²) in [6.45, 7) is 6.31. The van der Waals surface area contributed by atoms with Gasteiger partial charge in [-0.1, -0.05) is 27.2 Å². The van der Waals surface area contributed by atoms with Crippen LogP contribution in [0.15, 0.2) is 0 Å². The molecular formula is C10H20O. The van der Waals surface area contributed by atoms with Crippen LogP contribution in [0.4, 0.5) is 0 Å². The first-order chi connectivity index (χ1) is 5.26. The van der Waals surface area contributed by atoms with Crippen LogP contribution in [0, 0.1) is 5.92 Å². The first-order valence-electron chi connectivity index (χ1n) is 4.78. The monoisotopic (exact) mass is 156 g/mol. The summed E-state index contributed by atoms with van der Waals surface area (Å²) in [5.41, 5.74) is 0. The van der Waals surface area contributed by atoms with E-state index in [-0.39, 0.29) is 0 Å². The molecule has 0 aliphatic heterocycles. The quantitative estimate of drug-likeness (QED) is 0.577. The molecule has 0 saturated heterocycles. The molecule has 1 heteroatoms. The van der Waals surface area contributed by atoms with E-state index in [1.165, 1.54) is 0 Å². The van der Waals surface area contributed by atoms with Crippen molar-refractivity contribution < 1.29 is 4.79 Å². The zero-order valence-electron chi connectivity index (χ0n) is 8.02. The summed E-state index contributed by atoms with van der Waals surface area (Å²) in [6.07, 6.45) is 5.01. The fourth-order valence-corrected chi connectivity index (χ4v) is 1.39. The molecule has 0 saturated carbocycles. The van der Waals surface area contributed by atoms with Gasteiger partial charge in [-0.15, -0.1) is 0 Å². The molecule has 1 nitrogen and oxygen atoms in total. The predicted molar refractivity (Wildman–Crippen MR) is 48.6 cm³/mol. The average molecular weight is 156 g/mol. The summed E-state index contributed by atoms with van der Waals surface area (Å²) >= 11 is 0. The van der Waals surface area contributed by atoms with Crippen LogP contribution in [-0.4, -0.2) is 5.78 Å². The number of Topliss-reactive ketones (excluding diaryl/α,β-unsaturated/α-hetero) is 1. The van der Waals surface area contributed by atoms with Gasteiger partial charge in [-0.05, 0) is 19.3 Å². The second-order valence-corrected chi connectivity index (χ2v) is 3.11.